The number of nitrogens with two attached hydrogens (primary N) is 1. The number of rotatable bonds is 3. The monoisotopic (exact) mass is 221 g/mol. The van der Waals surface area contributed by atoms with E-state index in [-0.39, 0.29) is 18.1 Å². The Balaban J connectivity index is 0.00000169. The summed E-state index contributed by atoms with van der Waals surface area (Å²) >= 11 is 0. The van der Waals surface area contributed by atoms with Crippen LogP contribution in [0.2, 0.25) is 0 Å². The van der Waals surface area contributed by atoms with Gasteiger partial charge in [0.2, 0.25) is 0 Å². The van der Waals surface area contributed by atoms with Gasteiger partial charge in [-0.2, -0.15) is 0 Å². The highest BCUT2D eigenvalue weighted by Crippen LogP contribution is 2.15. The van der Waals surface area contributed by atoms with Gasteiger partial charge in [-0.3, -0.25) is 4.79 Å². The maximum atomic E-state index is 10.5. The van der Waals surface area contributed by atoms with Gasteiger partial charge in [0.15, 0.2) is 0 Å². The minimum Gasteiger partial charge on any atom is -0.480 e. The number of aliphatic carboxylic acids is 1. The van der Waals surface area contributed by atoms with Crippen LogP contribution in [0.25, 0.3) is 0 Å². The second-order valence-electron chi connectivity index (χ2n) is 2.61. The van der Waals surface area contributed by atoms with Crippen LogP contribution in [-0.4, -0.2) is 26.2 Å². The molecule has 1 atom stereocenters. The number of carboxylic acids is 1. The lowest BCUT2D eigenvalue weighted by molar-refractivity contribution is -0.139. The maximum Gasteiger partial charge on any atom is 0.326 e. The lowest BCUT2D eigenvalue weighted by Crippen LogP contribution is -2.24. The zero-order chi connectivity index (χ0) is 10.0. The van der Waals surface area contributed by atoms with Crippen molar-refractivity contribution in [1.82, 2.24) is 9.94 Å². The van der Waals surface area contributed by atoms with E-state index in [1.165, 1.54) is 6.20 Å². The van der Waals surface area contributed by atoms with E-state index in [4.69, 9.17) is 16.0 Å². The van der Waals surface area contributed by atoms with Gasteiger partial charge >= 0.3 is 5.97 Å². The van der Waals surface area contributed by atoms with Gasteiger partial charge in [0.05, 0.1) is 6.20 Å². The van der Waals surface area contributed by atoms with Crippen molar-refractivity contribution in [2.75, 3.05) is 0 Å². The Labute approximate surface area is 86.7 Å². The van der Waals surface area contributed by atoms with E-state index in [9.17, 15) is 4.79 Å². The van der Waals surface area contributed by atoms with Crippen LogP contribution in [-0.2, 0) is 11.2 Å². The molecule has 0 fully saturated rings. The summed E-state index contributed by atoms with van der Waals surface area (Å²) in [6.07, 6.45) is 1.98. The van der Waals surface area contributed by atoms with Crippen molar-refractivity contribution in [3.8, 4) is 0 Å². The number of nitrogens with zero attached hydrogens (tertiary/aromatic N) is 2. The molecule has 1 aromatic heterocycles. The van der Waals surface area contributed by atoms with Crippen molar-refractivity contribution < 1.29 is 15.1 Å². The van der Waals surface area contributed by atoms with E-state index >= 15 is 0 Å². The number of halogens is 1. The molecule has 1 aromatic rings. The molecule has 0 aliphatic rings. The zero-order valence-electron chi connectivity index (χ0n) is 7.54. The standard InChI is InChI=1S/C7H11N3O3.ClH/c1-2-4-3-9-10(13)6(4)5(8)7(11)12;/h3,5,13H,2,8H2,1H3,(H,11,12);1H. The highest BCUT2D eigenvalue weighted by molar-refractivity contribution is 5.85. The molecule has 0 bridgehead atoms. The van der Waals surface area contributed by atoms with E-state index in [1.54, 1.807) is 0 Å². The first-order valence-electron chi connectivity index (χ1n) is 3.82. The summed E-state index contributed by atoms with van der Waals surface area (Å²) in [5, 5.41) is 21.3. The number of hydrogen-bond donors (Lipinski definition) is 3. The lowest BCUT2D eigenvalue weighted by atomic mass is 10.1. The first-order valence-corrected chi connectivity index (χ1v) is 3.82. The van der Waals surface area contributed by atoms with Crippen molar-refractivity contribution >= 4 is 18.4 Å². The summed E-state index contributed by atoms with van der Waals surface area (Å²) in [5.74, 6) is -1.19. The normalized spacial score (nSPS) is 11.9. The molecule has 0 aliphatic carbocycles. The van der Waals surface area contributed by atoms with Gasteiger partial charge in [-0.25, -0.2) is 0 Å². The quantitative estimate of drug-likeness (QED) is 0.633. The Morgan fingerprint density at radius 1 is 1.79 bits per heavy atom. The van der Waals surface area contributed by atoms with Crippen molar-refractivity contribution in [3.05, 3.63) is 17.5 Å². The van der Waals surface area contributed by atoms with Gasteiger partial charge in [-0.1, -0.05) is 6.92 Å². The van der Waals surface area contributed by atoms with E-state index in [1.807, 2.05) is 6.92 Å². The fraction of sp³-hybridized carbons (Fsp3) is 0.429. The Kier molecular flexibility index (Phi) is 4.39. The van der Waals surface area contributed by atoms with Crippen molar-refractivity contribution in [2.24, 2.45) is 5.73 Å². The summed E-state index contributed by atoms with van der Waals surface area (Å²) in [6, 6.07) is -1.23. The molecule has 0 spiro atoms. The summed E-state index contributed by atoms with van der Waals surface area (Å²) in [6.45, 7) is 1.83. The average molecular weight is 222 g/mol. The van der Waals surface area contributed by atoms with Crippen LogP contribution >= 0.6 is 12.4 Å². The van der Waals surface area contributed by atoms with E-state index in [0.29, 0.717) is 16.8 Å². The van der Waals surface area contributed by atoms with Crippen molar-refractivity contribution in [3.63, 3.8) is 0 Å². The van der Waals surface area contributed by atoms with Gasteiger partial charge in [0.1, 0.15) is 11.7 Å². The number of aryl methyl sites for hydroxylation is 1. The largest absolute Gasteiger partial charge is 0.480 e. The van der Waals surface area contributed by atoms with Gasteiger partial charge in [-0.15, -0.1) is 22.4 Å². The predicted octanol–water partition coefficient (Wildman–Crippen LogP) is 0.189. The van der Waals surface area contributed by atoms with Crippen LogP contribution in [0.4, 0.5) is 0 Å². The summed E-state index contributed by atoms with van der Waals surface area (Å²) in [7, 11) is 0. The second kappa shape index (κ2) is 4.83. The molecule has 80 valence electrons. The molecule has 4 N–H and O–H groups in total. The molecule has 0 aliphatic heterocycles. The van der Waals surface area contributed by atoms with Crippen LogP contribution < -0.4 is 5.73 Å². The first-order chi connectivity index (χ1) is 6.07. The zero-order valence-corrected chi connectivity index (χ0v) is 8.36. The van der Waals surface area contributed by atoms with E-state index in [0.717, 1.165) is 0 Å². The molecule has 0 saturated carbocycles. The highest BCUT2D eigenvalue weighted by Gasteiger charge is 2.22. The smallest absolute Gasteiger partial charge is 0.326 e. The van der Waals surface area contributed by atoms with Gasteiger partial charge in [0, 0.05) is 0 Å². The summed E-state index contributed by atoms with van der Waals surface area (Å²) in [5.41, 5.74) is 6.11. The third kappa shape index (κ3) is 2.15. The molecule has 6 nitrogen and oxygen atoms in total. The molecular weight excluding hydrogens is 210 g/mol. The molecule has 0 radical (unpaired) electrons. The molecule has 0 amide bonds. The minimum atomic E-state index is -1.23. The average Bonchev–Trinajstić information content (AvgIpc) is 2.45. The topological polar surface area (TPSA) is 101 Å². The third-order valence-electron chi connectivity index (χ3n) is 1.81. The maximum absolute atomic E-state index is 10.5. The van der Waals surface area contributed by atoms with E-state index < -0.39 is 12.0 Å². The van der Waals surface area contributed by atoms with Crippen LogP contribution in [0.3, 0.4) is 0 Å². The highest BCUT2D eigenvalue weighted by atomic mass is 35.5. The van der Waals surface area contributed by atoms with Crippen LogP contribution in [0.15, 0.2) is 6.20 Å². The Morgan fingerprint density at radius 3 is 2.79 bits per heavy atom. The first kappa shape index (κ1) is 12.7. The molecule has 0 saturated heterocycles. The molecular formula is C7H12ClN3O3. The number of aromatic nitrogens is 2. The molecule has 1 heterocycles. The Bertz CT molecular complexity index is 326. The second-order valence-corrected chi connectivity index (χ2v) is 2.61. The minimum absolute atomic E-state index is 0. The number of hydrogen-bond acceptors (Lipinski definition) is 4. The van der Waals surface area contributed by atoms with Crippen molar-refractivity contribution in [2.45, 2.75) is 19.4 Å². The van der Waals surface area contributed by atoms with Gasteiger partial charge in [-0.05, 0) is 12.0 Å². The molecule has 7 heteroatoms. The van der Waals surface area contributed by atoms with Gasteiger partial charge < -0.3 is 16.0 Å². The Morgan fingerprint density at radius 2 is 2.36 bits per heavy atom. The fourth-order valence-corrected chi connectivity index (χ4v) is 1.09. The summed E-state index contributed by atoms with van der Waals surface area (Å²) < 4.78 is 0. The van der Waals surface area contributed by atoms with Crippen molar-refractivity contribution in [1.29, 1.82) is 0 Å². The molecule has 1 unspecified atom stereocenters. The number of carbonyl (C=O) groups is 1. The fourth-order valence-electron chi connectivity index (χ4n) is 1.09. The van der Waals surface area contributed by atoms with Crippen LogP contribution in [0.1, 0.15) is 24.2 Å². The predicted molar refractivity (Wildman–Crippen MR) is 50.6 cm³/mol. The summed E-state index contributed by atoms with van der Waals surface area (Å²) in [4.78, 5) is 11.1. The molecule has 14 heavy (non-hydrogen) atoms. The SMILES string of the molecule is CCc1cnn(O)c1C(N)C(=O)O.Cl. The van der Waals surface area contributed by atoms with Crippen LogP contribution in [0, 0.1) is 0 Å². The number of carboxylic acid groups (broad SMARTS) is 1. The molecule has 0 aromatic carbocycles. The third-order valence-corrected chi connectivity index (χ3v) is 1.81. The lowest BCUT2D eigenvalue weighted by Gasteiger charge is -2.07. The molecule has 1 rings (SSSR count). The van der Waals surface area contributed by atoms with E-state index in [2.05, 4.69) is 5.10 Å². The van der Waals surface area contributed by atoms with Crippen LogP contribution in [0.5, 0.6) is 0 Å². The van der Waals surface area contributed by atoms with Gasteiger partial charge in [0.25, 0.3) is 0 Å². The Hall–Kier alpha value is -1.27.